The van der Waals surface area contributed by atoms with E-state index in [1.165, 1.54) is 16.0 Å². The van der Waals surface area contributed by atoms with Crippen molar-refractivity contribution in [1.82, 2.24) is 0 Å². The first kappa shape index (κ1) is 28.8. The number of rotatable bonds is 12. The summed E-state index contributed by atoms with van der Waals surface area (Å²) in [4.78, 5) is 1.32. The predicted molar refractivity (Wildman–Crippen MR) is 133 cm³/mol. The number of sulfone groups is 1. The van der Waals surface area contributed by atoms with Crippen LogP contribution in [0.5, 0.6) is 5.75 Å². The maximum atomic E-state index is 12.9. The molecule has 1 aliphatic heterocycles. The zero-order valence-corrected chi connectivity index (χ0v) is 21.7. The molecule has 1 aliphatic rings. The Bertz CT molecular complexity index is 1090. The molecule has 0 amide bonds. The van der Waals surface area contributed by atoms with Crippen molar-refractivity contribution < 1.29 is 35.1 Å². The van der Waals surface area contributed by atoms with Gasteiger partial charge in [0.1, 0.15) is 15.6 Å². The second-order valence-corrected chi connectivity index (χ2v) is 13.0. The van der Waals surface area contributed by atoms with E-state index in [2.05, 4.69) is 43.3 Å². The molecule has 200 valence electrons. The van der Waals surface area contributed by atoms with Crippen LogP contribution in [0.3, 0.4) is 0 Å². The van der Waals surface area contributed by atoms with E-state index in [1.54, 1.807) is 0 Å². The summed E-state index contributed by atoms with van der Waals surface area (Å²) in [6, 6.07) is 16.5. The molecule has 2 aromatic carbocycles. The molecule has 0 saturated carbocycles. The lowest BCUT2D eigenvalue weighted by Crippen LogP contribution is -2.36. The highest BCUT2D eigenvalue weighted by molar-refractivity contribution is 8.00. The van der Waals surface area contributed by atoms with Gasteiger partial charge in [-0.2, -0.15) is 22.0 Å². The summed E-state index contributed by atoms with van der Waals surface area (Å²) >= 11 is 1.90. The van der Waals surface area contributed by atoms with Crippen molar-refractivity contribution >= 4 is 21.6 Å². The first-order valence-corrected chi connectivity index (χ1v) is 14.7. The van der Waals surface area contributed by atoms with E-state index in [9.17, 15) is 30.4 Å². The van der Waals surface area contributed by atoms with Crippen molar-refractivity contribution in [1.29, 1.82) is 0 Å². The van der Waals surface area contributed by atoms with Gasteiger partial charge in [0.2, 0.25) is 0 Å². The fourth-order valence-electron chi connectivity index (χ4n) is 4.26. The van der Waals surface area contributed by atoms with Crippen molar-refractivity contribution in [3.05, 3.63) is 59.7 Å². The predicted octanol–water partition coefficient (Wildman–Crippen LogP) is 7.64. The molecule has 3 rings (SSSR count). The van der Waals surface area contributed by atoms with Crippen LogP contribution in [0.4, 0.5) is 22.0 Å². The van der Waals surface area contributed by atoms with Crippen molar-refractivity contribution in [2.75, 3.05) is 18.1 Å². The van der Waals surface area contributed by atoms with E-state index in [0.29, 0.717) is 37.0 Å². The molecule has 0 aromatic heterocycles. The Labute approximate surface area is 213 Å². The fourth-order valence-corrected chi connectivity index (χ4v) is 6.92. The Hall–Kier alpha value is -1.81. The number of ether oxygens (including phenoxy) is 1. The lowest BCUT2D eigenvalue weighted by atomic mass is 9.87. The van der Waals surface area contributed by atoms with E-state index in [0.717, 1.165) is 12.2 Å². The lowest BCUT2D eigenvalue weighted by Gasteiger charge is -2.29. The van der Waals surface area contributed by atoms with Crippen molar-refractivity contribution in [3.8, 4) is 5.75 Å². The molecule has 0 saturated heterocycles. The van der Waals surface area contributed by atoms with Gasteiger partial charge in [-0.05, 0) is 61.4 Å². The number of thioether (sulfide) groups is 1. The third-order valence-corrected chi connectivity index (χ3v) is 9.24. The SMILES string of the molecule is CC1CC(c2ccc(OCCCCCS(=O)(=O)CCCC(F)(F)C(F)(F)F)cc2)c2ccccc2S1. The number of alkyl halides is 5. The van der Waals surface area contributed by atoms with E-state index >= 15 is 0 Å². The molecule has 0 spiro atoms. The van der Waals surface area contributed by atoms with Crippen LogP contribution in [-0.4, -0.2) is 43.9 Å². The Morgan fingerprint density at radius 2 is 1.58 bits per heavy atom. The van der Waals surface area contributed by atoms with Gasteiger partial charge in [-0.25, -0.2) is 8.42 Å². The number of halogens is 5. The first-order chi connectivity index (χ1) is 16.9. The van der Waals surface area contributed by atoms with Crippen molar-refractivity contribution in [2.45, 2.75) is 73.6 Å². The van der Waals surface area contributed by atoms with Crippen molar-refractivity contribution in [3.63, 3.8) is 0 Å². The average Bonchev–Trinajstić information content (AvgIpc) is 2.80. The van der Waals surface area contributed by atoms with E-state index in [-0.39, 0.29) is 5.75 Å². The summed E-state index contributed by atoms with van der Waals surface area (Å²) in [6.07, 6.45) is -5.38. The fraction of sp³-hybridized carbons (Fsp3) is 0.538. The smallest absolute Gasteiger partial charge is 0.453 e. The summed E-state index contributed by atoms with van der Waals surface area (Å²) in [6.45, 7) is 2.64. The Balaban J connectivity index is 1.37. The number of hydrogen-bond acceptors (Lipinski definition) is 4. The number of hydrogen-bond donors (Lipinski definition) is 0. The number of unbranched alkanes of at least 4 members (excludes halogenated alkanes) is 2. The van der Waals surface area contributed by atoms with Gasteiger partial charge in [-0.1, -0.05) is 37.3 Å². The Morgan fingerprint density at radius 3 is 2.28 bits per heavy atom. The van der Waals surface area contributed by atoms with Crippen LogP contribution >= 0.6 is 11.8 Å². The summed E-state index contributed by atoms with van der Waals surface area (Å²) < 4.78 is 91.9. The van der Waals surface area contributed by atoms with Gasteiger partial charge in [0, 0.05) is 22.5 Å². The van der Waals surface area contributed by atoms with Crippen LogP contribution in [0, 0.1) is 0 Å². The molecule has 2 atom stereocenters. The zero-order chi connectivity index (χ0) is 26.4. The van der Waals surface area contributed by atoms with Crippen molar-refractivity contribution in [2.24, 2.45) is 0 Å². The quantitative estimate of drug-likeness (QED) is 0.201. The molecule has 1 heterocycles. The molecule has 2 unspecified atom stereocenters. The molecule has 36 heavy (non-hydrogen) atoms. The largest absolute Gasteiger partial charge is 0.494 e. The molecule has 0 aliphatic carbocycles. The normalized spacial score (nSPS) is 18.6. The minimum Gasteiger partial charge on any atom is -0.494 e. The van der Waals surface area contributed by atoms with Crippen LogP contribution in [0.25, 0.3) is 0 Å². The molecule has 0 radical (unpaired) electrons. The maximum absolute atomic E-state index is 12.9. The van der Waals surface area contributed by atoms with Crippen LogP contribution in [0.2, 0.25) is 0 Å². The molecule has 0 fully saturated rings. The average molecular weight is 551 g/mol. The van der Waals surface area contributed by atoms with E-state index < -0.39 is 40.5 Å². The zero-order valence-electron chi connectivity index (χ0n) is 20.1. The van der Waals surface area contributed by atoms with Crippen LogP contribution in [-0.2, 0) is 9.84 Å². The van der Waals surface area contributed by atoms with Crippen LogP contribution < -0.4 is 4.74 Å². The molecule has 0 bridgehead atoms. The van der Waals surface area contributed by atoms with Gasteiger partial charge in [0.25, 0.3) is 0 Å². The topological polar surface area (TPSA) is 43.4 Å². The highest BCUT2D eigenvalue weighted by atomic mass is 32.2. The molecular weight excluding hydrogens is 519 g/mol. The van der Waals surface area contributed by atoms with Gasteiger partial charge in [0.15, 0.2) is 0 Å². The van der Waals surface area contributed by atoms with Gasteiger partial charge in [-0.15, -0.1) is 11.8 Å². The lowest BCUT2D eigenvalue weighted by molar-refractivity contribution is -0.284. The Morgan fingerprint density at radius 1 is 0.917 bits per heavy atom. The molecule has 3 nitrogen and oxygen atoms in total. The molecule has 2 aromatic rings. The Kier molecular flexibility index (Phi) is 9.71. The third kappa shape index (κ3) is 8.10. The summed E-state index contributed by atoms with van der Waals surface area (Å²) in [5, 5.41) is 0.533. The van der Waals surface area contributed by atoms with E-state index in [1.807, 2.05) is 23.9 Å². The third-order valence-electron chi connectivity index (χ3n) is 6.20. The second kappa shape index (κ2) is 12.2. The van der Waals surface area contributed by atoms with Gasteiger partial charge in [0.05, 0.1) is 18.1 Å². The minimum atomic E-state index is -5.66. The molecule has 10 heteroatoms. The van der Waals surface area contributed by atoms with Gasteiger partial charge >= 0.3 is 12.1 Å². The number of fused-ring (bicyclic) bond motifs is 1. The summed E-state index contributed by atoms with van der Waals surface area (Å²) in [5.41, 5.74) is 2.58. The highest BCUT2D eigenvalue weighted by Gasteiger charge is 2.56. The van der Waals surface area contributed by atoms with Gasteiger partial charge in [-0.3, -0.25) is 0 Å². The molecular formula is C26H31F5O3S2. The standard InChI is InChI=1S/C26H31F5O3S2/c1-19-18-23(22-8-3-4-9-24(22)35-19)20-10-12-21(13-11-20)34-15-5-2-6-16-36(32,33)17-7-14-25(27,28)26(29,30)31/h3-4,8-13,19,23H,2,5-7,14-18H2,1H3. The summed E-state index contributed by atoms with van der Waals surface area (Å²) in [7, 11) is -3.67. The highest BCUT2D eigenvalue weighted by Crippen LogP contribution is 2.44. The maximum Gasteiger partial charge on any atom is 0.453 e. The first-order valence-electron chi connectivity index (χ1n) is 12.0. The second-order valence-electron chi connectivity index (χ2n) is 9.19. The van der Waals surface area contributed by atoms with Crippen LogP contribution in [0.1, 0.15) is 62.5 Å². The molecule has 0 N–H and O–H groups in total. The number of benzene rings is 2. The van der Waals surface area contributed by atoms with E-state index in [4.69, 9.17) is 4.74 Å². The van der Waals surface area contributed by atoms with Gasteiger partial charge < -0.3 is 4.74 Å². The summed E-state index contributed by atoms with van der Waals surface area (Å²) in [5.74, 6) is -4.71. The minimum absolute atomic E-state index is 0.237. The monoisotopic (exact) mass is 550 g/mol. The van der Waals surface area contributed by atoms with Crippen LogP contribution in [0.15, 0.2) is 53.4 Å².